The highest BCUT2D eigenvalue weighted by Gasteiger charge is 2.13. The number of nitrogens with two attached hydrogens (primary N) is 1. The van der Waals surface area contributed by atoms with Crippen molar-refractivity contribution in [2.24, 2.45) is 5.73 Å². The van der Waals surface area contributed by atoms with Crippen LogP contribution in [0, 0.1) is 5.82 Å². The van der Waals surface area contributed by atoms with Crippen LogP contribution in [0.5, 0.6) is 0 Å². The second-order valence-electron chi connectivity index (χ2n) is 6.22. The second-order valence-corrected chi connectivity index (χ2v) is 6.66. The van der Waals surface area contributed by atoms with Crippen LogP contribution in [0.15, 0.2) is 55.0 Å². The quantitative estimate of drug-likeness (QED) is 0.449. The van der Waals surface area contributed by atoms with Crippen molar-refractivity contribution in [3.63, 3.8) is 0 Å². The van der Waals surface area contributed by atoms with Gasteiger partial charge in [0, 0.05) is 28.2 Å². The minimum absolute atomic E-state index is 0.165. The molecule has 0 saturated heterocycles. The predicted molar refractivity (Wildman–Crippen MR) is 113 cm³/mol. The maximum Gasteiger partial charge on any atom is 0.239 e. The summed E-state index contributed by atoms with van der Waals surface area (Å²) in [5, 5.41) is 6.81. The summed E-state index contributed by atoms with van der Waals surface area (Å²) in [7, 11) is 0. The number of rotatable bonds is 5. The zero-order valence-corrected chi connectivity index (χ0v) is 16.2. The monoisotopic (exact) mass is 423 g/mol. The van der Waals surface area contributed by atoms with Crippen molar-refractivity contribution in [2.75, 3.05) is 17.2 Å². The summed E-state index contributed by atoms with van der Waals surface area (Å²) < 4.78 is 14.4. The minimum atomic E-state index is -0.457. The van der Waals surface area contributed by atoms with Gasteiger partial charge in [0.05, 0.1) is 17.9 Å². The Morgan fingerprint density at radius 3 is 2.77 bits per heavy atom. The lowest BCUT2D eigenvalue weighted by atomic mass is 10.1. The number of amides is 1. The van der Waals surface area contributed by atoms with Gasteiger partial charge in [-0.05, 0) is 36.4 Å². The van der Waals surface area contributed by atoms with Gasteiger partial charge in [0.25, 0.3) is 0 Å². The maximum absolute atomic E-state index is 14.4. The molecular weight excluding hydrogens is 409 g/mol. The van der Waals surface area contributed by atoms with Crippen LogP contribution in [0.1, 0.15) is 0 Å². The Hall–Kier alpha value is -3.69. The Balaban J connectivity index is 1.78. The molecule has 3 aromatic heterocycles. The summed E-state index contributed by atoms with van der Waals surface area (Å²) in [6.45, 7) is -0.165. The van der Waals surface area contributed by atoms with E-state index in [0.717, 1.165) is 0 Å². The van der Waals surface area contributed by atoms with Gasteiger partial charge >= 0.3 is 0 Å². The molecular formula is C20H15ClFN7O. The number of hydrogen-bond donors (Lipinski definition) is 3. The van der Waals surface area contributed by atoms with E-state index >= 15 is 0 Å². The molecule has 0 radical (unpaired) electrons. The Morgan fingerprint density at radius 2 is 1.93 bits per heavy atom. The Morgan fingerprint density at radius 1 is 1.10 bits per heavy atom. The van der Waals surface area contributed by atoms with Crippen molar-refractivity contribution in [2.45, 2.75) is 0 Å². The molecule has 3 heterocycles. The van der Waals surface area contributed by atoms with Crippen LogP contribution in [0.25, 0.3) is 22.3 Å². The van der Waals surface area contributed by atoms with Crippen LogP contribution >= 0.6 is 11.6 Å². The fourth-order valence-corrected chi connectivity index (χ4v) is 2.99. The molecule has 150 valence electrons. The fourth-order valence-electron chi connectivity index (χ4n) is 2.82. The normalized spacial score (nSPS) is 10.8. The standard InChI is InChI=1S/C20H15ClFN7O/c21-11-3-4-14(22)13(6-11)16-7-15(12-2-1-5-24-20(12)28-16)27-17-8-18(26-10-25-17)29-19(30)9-23/h1-8,10H,9,23H2,(H2,24,25,26,27,28,29,30). The minimum Gasteiger partial charge on any atom is -0.339 e. The lowest BCUT2D eigenvalue weighted by Crippen LogP contribution is -2.22. The first-order chi connectivity index (χ1) is 14.5. The smallest absolute Gasteiger partial charge is 0.239 e. The van der Waals surface area contributed by atoms with Gasteiger partial charge in [-0.25, -0.2) is 24.3 Å². The number of nitrogens with zero attached hydrogens (tertiary/aromatic N) is 4. The molecule has 0 aliphatic rings. The number of benzene rings is 1. The van der Waals surface area contributed by atoms with Gasteiger partial charge < -0.3 is 16.4 Å². The van der Waals surface area contributed by atoms with Crippen LogP contribution in [-0.2, 0) is 4.79 Å². The van der Waals surface area contributed by atoms with Gasteiger partial charge in [0.15, 0.2) is 5.65 Å². The van der Waals surface area contributed by atoms with Crippen molar-refractivity contribution in [1.82, 2.24) is 19.9 Å². The van der Waals surface area contributed by atoms with Crippen LogP contribution in [0.4, 0.5) is 21.7 Å². The van der Waals surface area contributed by atoms with Gasteiger partial charge in [-0.2, -0.15) is 0 Å². The first-order valence-corrected chi connectivity index (χ1v) is 9.21. The number of anilines is 3. The van der Waals surface area contributed by atoms with E-state index in [0.29, 0.717) is 39.1 Å². The number of hydrogen-bond acceptors (Lipinski definition) is 7. The van der Waals surface area contributed by atoms with Crippen molar-refractivity contribution in [3.05, 3.63) is 65.8 Å². The number of halogens is 2. The number of carbonyl (C=O) groups is 1. The lowest BCUT2D eigenvalue weighted by molar-refractivity contribution is -0.114. The number of aromatic nitrogens is 4. The molecule has 1 aromatic carbocycles. The van der Waals surface area contributed by atoms with Crippen LogP contribution in [0.3, 0.4) is 0 Å². The molecule has 10 heteroatoms. The summed E-state index contributed by atoms with van der Waals surface area (Å²) >= 11 is 6.04. The molecule has 0 aliphatic carbocycles. The molecule has 0 bridgehead atoms. The van der Waals surface area contributed by atoms with E-state index in [2.05, 4.69) is 30.6 Å². The highest BCUT2D eigenvalue weighted by Crippen LogP contribution is 2.31. The molecule has 4 N–H and O–H groups in total. The third-order valence-electron chi connectivity index (χ3n) is 4.17. The fraction of sp³-hybridized carbons (Fsp3) is 0.0500. The van der Waals surface area contributed by atoms with Crippen molar-refractivity contribution in [1.29, 1.82) is 0 Å². The average Bonchev–Trinajstić information content (AvgIpc) is 2.75. The topological polar surface area (TPSA) is 119 Å². The van der Waals surface area contributed by atoms with Gasteiger partial charge in [-0.3, -0.25) is 4.79 Å². The highest BCUT2D eigenvalue weighted by atomic mass is 35.5. The molecule has 0 aliphatic heterocycles. The molecule has 30 heavy (non-hydrogen) atoms. The molecule has 0 saturated carbocycles. The van der Waals surface area contributed by atoms with E-state index in [1.54, 1.807) is 24.4 Å². The number of nitrogens with one attached hydrogen (secondary N) is 2. The van der Waals surface area contributed by atoms with Crippen molar-refractivity contribution in [3.8, 4) is 11.3 Å². The van der Waals surface area contributed by atoms with Gasteiger partial charge in [-0.15, -0.1) is 0 Å². The van der Waals surface area contributed by atoms with Crippen LogP contribution in [0.2, 0.25) is 5.02 Å². The third kappa shape index (κ3) is 4.17. The van der Waals surface area contributed by atoms with E-state index < -0.39 is 5.82 Å². The number of pyridine rings is 2. The van der Waals surface area contributed by atoms with E-state index in [-0.39, 0.29) is 18.0 Å². The number of carbonyl (C=O) groups excluding carboxylic acids is 1. The first-order valence-electron chi connectivity index (χ1n) is 8.83. The average molecular weight is 424 g/mol. The number of fused-ring (bicyclic) bond motifs is 1. The molecule has 1 amide bonds. The highest BCUT2D eigenvalue weighted by molar-refractivity contribution is 6.30. The van der Waals surface area contributed by atoms with E-state index in [1.165, 1.54) is 24.5 Å². The van der Waals surface area contributed by atoms with Gasteiger partial charge in [0.1, 0.15) is 23.8 Å². The largest absolute Gasteiger partial charge is 0.339 e. The second kappa shape index (κ2) is 8.36. The van der Waals surface area contributed by atoms with Crippen LogP contribution < -0.4 is 16.4 Å². The molecule has 4 rings (SSSR count). The van der Waals surface area contributed by atoms with Crippen molar-refractivity contribution >= 4 is 45.9 Å². The Bertz CT molecular complexity index is 1250. The van der Waals surface area contributed by atoms with E-state index in [1.807, 2.05) is 6.07 Å². The Labute approximate surface area is 175 Å². The molecule has 0 fully saturated rings. The summed E-state index contributed by atoms with van der Waals surface area (Å²) in [5.41, 5.74) is 6.93. The maximum atomic E-state index is 14.4. The van der Waals surface area contributed by atoms with Crippen molar-refractivity contribution < 1.29 is 9.18 Å². The summed E-state index contributed by atoms with van der Waals surface area (Å²) in [6, 6.07) is 11.1. The summed E-state index contributed by atoms with van der Waals surface area (Å²) in [6.07, 6.45) is 2.90. The SMILES string of the molecule is NCC(=O)Nc1cc(Nc2cc(-c3cc(Cl)ccc3F)nc3ncccc23)ncn1. The first kappa shape index (κ1) is 19.6. The molecule has 0 unspecified atom stereocenters. The summed E-state index contributed by atoms with van der Waals surface area (Å²) in [5.74, 6) is -0.134. The molecule has 8 nitrogen and oxygen atoms in total. The molecule has 0 atom stereocenters. The van der Waals surface area contributed by atoms with Gasteiger partial charge in [-0.1, -0.05) is 11.6 Å². The van der Waals surface area contributed by atoms with Gasteiger partial charge in [0.2, 0.25) is 5.91 Å². The zero-order valence-electron chi connectivity index (χ0n) is 15.4. The van der Waals surface area contributed by atoms with E-state index in [4.69, 9.17) is 17.3 Å². The predicted octanol–water partition coefficient (Wildman–Crippen LogP) is 3.52. The third-order valence-corrected chi connectivity index (χ3v) is 4.41. The zero-order chi connectivity index (χ0) is 21.1. The Kier molecular flexibility index (Phi) is 5.46. The lowest BCUT2D eigenvalue weighted by Gasteiger charge is -2.12. The molecule has 0 spiro atoms. The van der Waals surface area contributed by atoms with E-state index in [9.17, 15) is 9.18 Å². The molecule has 4 aromatic rings. The summed E-state index contributed by atoms with van der Waals surface area (Å²) in [4.78, 5) is 28.4. The van der Waals surface area contributed by atoms with Crippen LogP contribution in [-0.4, -0.2) is 32.4 Å².